The van der Waals surface area contributed by atoms with Crippen molar-refractivity contribution >= 4 is 52.3 Å². The predicted molar refractivity (Wildman–Crippen MR) is 147 cm³/mol. The van der Waals surface area contributed by atoms with Gasteiger partial charge in [0.2, 0.25) is 0 Å². The average molecular weight is 556 g/mol. The Morgan fingerprint density at radius 3 is 2.26 bits per heavy atom. The topological polar surface area (TPSA) is 103 Å². The van der Waals surface area contributed by atoms with E-state index in [0.29, 0.717) is 39.4 Å². The summed E-state index contributed by atoms with van der Waals surface area (Å²) in [5.41, 5.74) is 1.10. The van der Waals surface area contributed by atoms with Gasteiger partial charge in [-0.3, -0.25) is 14.9 Å². The number of hydrogen-bond acceptors (Lipinski definition) is 7. The van der Waals surface area contributed by atoms with Crippen molar-refractivity contribution in [3.63, 3.8) is 0 Å². The number of carbonyl (C=O) groups is 1. The third-order valence-corrected chi connectivity index (χ3v) is 6.43. The molecule has 0 spiro atoms. The second-order valence-corrected chi connectivity index (χ2v) is 9.32. The van der Waals surface area contributed by atoms with Gasteiger partial charge < -0.3 is 14.2 Å². The molecule has 0 bridgehead atoms. The van der Waals surface area contributed by atoms with Crippen LogP contribution in [0.25, 0.3) is 6.08 Å². The molecule has 11 heteroatoms. The Hall–Kier alpha value is -4.08. The van der Waals surface area contributed by atoms with E-state index in [1.165, 1.54) is 49.6 Å². The molecule has 0 aromatic heterocycles. The molecule has 4 rings (SSSR count). The number of rotatable bonds is 8. The Morgan fingerprint density at radius 2 is 1.63 bits per heavy atom. The zero-order valence-electron chi connectivity index (χ0n) is 20.9. The first kappa shape index (κ1) is 27.0. The molecule has 0 saturated carbocycles. The van der Waals surface area contributed by atoms with Crippen LogP contribution in [0.2, 0.25) is 10.0 Å². The van der Waals surface area contributed by atoms with Gasteiger partial charge in [-0.2, -0.15) is 10.1 Å². The number of ether oxygens (including phenoxy) is 3. The van der Waals surface area contributed by atoms with Gasteiger partial charge in [0.25, 0.3) is 11.6 Å². The van der Waals surface area contributed by atoms with Crippen molar-refractivity contribution < 1.29 is 23.9 Å². The summed E-state index contributed by atoms with van der Waals surface area (Å²) in [6, 6.07) is 14.0. The lowest BCUT2D eigenvalue weighted by atomic mass is 9.97. The van der Waals surface area contributed by atoms with Gasteiger partial charge >= 0.3 is 0 Å². The van der Waals surface area contributed by atoms with E-state index in [4.69, 9.17) is 37.4 Å². The summed E-state index contributed by atoms with van der Waals surface area (Å²) in [5.74, 6) is 1.15. The summed E-state index contributed by atoms with van der Waals surface area (Å²) in [6.07, 6.45) is 1.46. The maximum Gasteiger partial charge on any atom is 0.280 e. The number of nitrogens with zero attached hydrogens (tertiary/aromatic N) is 3. The van der Waals surface area contributed by atoms with Crippen LogP contribution in [0.1, 0.15) is 19.4 Å². The maximum absolute atomic E-state index is 13.4. The molecule has 1 heterocycles. The van der Waals surface area contributed by atoms with Crippen molar-refractivity contribution in [3.8, 4) is 23.0 Å². The van der Waals surface area contributed by atoms with Gasteiger partial charge in [-0.1, -0.05) is 37.0 Å². The summed E-state index contributed by atoms with van der Waals surface area (Å²) >= 11 is 12.2. The van der Waals surface area contributed by atoms with E-state index < -0.39 is 10.8 Å². The van der Waals surface area contributed by atoms with E-state index in [2.05, 4.69) is 5.10 Å². The van der Waals surface area contributed by atoms with Crippen LogP contribution < -0.4 is 19.2 Å². The van der Waals surface area contributed by atoms with Crippen molar-refractivity contribution in [2.24, 2.45) is 11.0 Å². The number of carbonyl (C=O) groups excluding carboxylic acids is 1. The van der Waals surface area contributed by atoms with Crippen molar-refractivity contribution in [1.82, 2.24) is 0 Å². The number of nitro groups is 1. The highest BCUT2D eigenvalue weighted by Gasteiger charge is 2.33. The fourth-order valence-corrected chi connectivity index (χ4v) is 4.13. The summed E-state index contributed by atoms with van der Waals surface area (Å²) in [5, 5.41) is 18.1. The van der Waals surface area contributed by atoms with Crippen LogP contribution in [0.4, 0.5) is 11.4 Å². The number of halogens is 2. The third-order valence-electron chi connectivity index (χ3n) is 5.69. The van der Waals surface area contributed by atoms with Crippen LogP contribution in [0, 0.1) is 16.0 Å². The Kier molecular flexibility index (Phi) is 7.89. The number of methoxy groups -OCH3 is 2. The second-order valence-electron chi connectivity index (χ2n) is 8.51. The minimum absolute atomic E-state index is 0.150. The van der Waals surface area contributed by atoms with E-state index in [1.54, 1.807) is 30.3 Å². The summed E-state index contributed by atoms with van der Waals surface area (Å²) in [6.45, 7) is 3.76. The van der Waals surface area contributed by atoms with Gasteiger partial charge in [0.05, 0.1) is 51.7 Å². The number of hydrogen-bond donors (Lipinski definition) is 0. The molecule has 0 radical (unpaired) electrons. The first-order chi connectivity index (χ1) is 18.1. The average Bonchev–Trinajstić information content (AvgIpc) is 3.21. The monoisotopic (exact) mass is 555 g/mol. The highest BCUT2D eigenvalue weighted by atomic mass is 35.5. The number of benzene rings is 3. The molecule has 0 fully saturated rings. The highest BCUT2D eigenvalue weighted by molar-refractivity contribution is 6.42. The zero-order valence-corrected chi connectivity index (χ0v) is 22.4. The normalized spacial score (nSPS) is 14.2. The lowest BCUT2D eigenvalue weighted by Gasteiger charge is -2.12. The zero-order chi connectivity index (χ0) is 27.6. The van der Waals surface area contributed by atoms with Gasteiger partial charge in [0.15, 0.2) is 11.5 Å². The number of amides is 1. The molecule has 38 heavy (non-hydrogen) atoms. The van der Waals surface area contributed by atoms with Gasteiger partial charge in [0, 0.05) is 12.1 Å². The molecule has 9 nitrogen and oxygen atoms in total. The SMILES string of the molecule is COc1ccc(Oc2ccc([N+](=O)[O-])c(C=C3C(=O)N(c4ccc(Cl)c(Cl)c4)N=C3C(C)C)c2)cc1OC. The fourth-order valence-electron chi connectivity index (χ4n) is 3.83. The Balaban J connectivity index is 1.75. The molecule has 0 aliphatic carbocycles. The minimum atomic E-state index is -0.519. The molecular weight excluding hydrogens is 533 g/mol. The second kappa shape index (κ2) is 11.1. The fraction of sp³-hybridized carbons (Fsp3) is 0.185. The van der Waals surface area contributed by atoms with E-state index in [1.807, 2.05) is 13.8 Å². The molecule has 0 saturated heterocycles. The molecule has 0 unspecified atom stereocenters. The largest absolute Gasteiger partial charge is 0.493 e. The van der Waals surface area contributed by atoms with E-state index >= 15 is 0 Å². The van der Waals surface area contributed by atoms with Crippen molar-refractivity contribution in [1.29, 1.82) is 0 Å². The van der Waals surface area contributed by atoms with Crippen molar-refractivity contribution in [3.05, 3.63) is 85.9 Å². The Bertz CT molecular complexity index is 1490. The number of nitro benzene ring substituents is 1. The molecular formula is C27H23Cl2N3O6. The van der Waals surface area contributed by atoms with Crippen molar-refractivity contribution in [2.45, 2.75) is 13.8 Å². The maximum atomic E-state index is 13.4. The Morgan fingerprint density at radius 1 is 0.947 bits per heavy atom. The van der Waals surface area contributed by atoms with Crippen LogP contribution >= 0.6 is 23.2 Å². The van der Waals surface area contributed by atoms with Crippen LogP contribution in [0.3, 0.4) is 0 Å². The van der Waals surface area contributed by atoms with E-state index in [0.717, 1.165) is 0 Å². The molecule has 196 valence electrons. The molecule has 3 aromatic carbocycles. The van der Waals surface area contributed by atoms with Crippen LogP contribution in [0.5, 0.6) is 23.0 Å². The molecule has 1 aliphatic heterocycles. The first-order valence-electron chi connectivity index (χ1n) is 11.4. The first-order valence-corrected chi connectivity index (χ1v) is 12.2. The van der Waals surface area contributed by atoms with Crippen LogP contribution in [-0.4, -0.2) is 30.8 Å². The summed E-state index contributed by atoms with van der Waals surface area (Å²) in [7, 11) is 3.03. The van der Waals surface area contributed by atoms with E-state index in [-0.39, 0.29) is 27.8 Å². The molecule has 1 amide bonds. The highest BCUT2D eigenvalue weighted by Crippen LogP contribution is 2.36. The smallest absolute Gasteiger partial charge is 0.280 e. The van der Waals surface area contributed by atoms with Gasteiger partial charge in [-0.25, -0.2) is 0 Å². The standard InChI is InChI=1S/C27H23Cl2N3O6/c1-15(2)26-20(27(33)31(30-26)17-5-8-21(28)22(29)13-17)12-16-11-18(6-9-23(16)32(34)35)38-19-7-10-24(36-3)25(14-19)37-4/h5-15H,1-4H3. The van der Waals surface area contributed by atoms with Crippen LogP contribution in [0.15, 0.2) is 65.3 Å². The molecule has 0 atom stereocenters. The number of anilines is 1. The van der Waals surface area contributed by atoms with Crippen LogP contribution in [-0.2, 0) is 4.79 Å². The van der Waals surface area contributed by atoms with Gasteiger partial charge in [-0.05, 0) is 54.5 Å². The van der Waals surface area contributed by atoms with Gasteiger partial charge in [-0.15, -0.1) is 0 Å². The molecule has 3 aromatic rings. The Labute approximate surface area is 229 Å². The summed E-state index contributed by atoms with van der Waals surface area (Å²) < 4.78 is 16.5. The van der Waals surface area contributed by atoms with Crippen molar-refractivity contribution in [2.75, 3.05) is 19.2 Å². The lowest BCUT2D eigenvalue weighted by molar-refractivity contribution is -0.385. The minimum Gasteiger partial charge on any atom is -0.493 e. The molecule has 1 aliphatic rings. The lowest BCUT2D eigenvalue weighted by Crippen LogP contribution is -2.21. The summed E-state index contributed by atoms with van der Waals surface area (Å²) in [4.78, 5) is 24.8. The third kappa shape index (κ3) is 5.44. The molecule has 0 N–H and O–H groups in total. The predicted octanol–water partition coefficient (Wildman–Crippen LogP) is 7.15. The number of hydrazone groups is 1. The van der Waals surface area contributed by atoms with E-state index in [9.17, 15) is 14.9 Å². The quantitative estimate of drug-likeness (QED) is 0.166. The van der Waals surface area contributed by atoms with Gasteiger partial charge in [0.1, 0.15) is 11.5 Å².